The summed E-state index contributed by atoms with van der Waals surface area (Å²) in [6, 6.07) is 6.83. The van der Waals surface area contributed by atoms with Gasteiger partial charge in [-0.25, -0.2) is 8.42 Å². The highest BCUT2D eigenvalue weighted by atomic mass is 32.2. The Hall–Kier alpha value is -2.47. The third kappa shape index (κ3) is 3.58. The van der Waals surface area contributed by atoms with Crippen molar-refractivity contribution in [1.82, 2.24) is 24.0 Å². The van der Waals surface area contributed by atoms with Gasteiger partial charge in [0.1, 0.15) is 12.1 Å². The number of halogens is 3. The Labute approximate surface area is 171 Å². The second-order valence-corrected chi connectivity index (χ2v) is 9.34. The molecule has 2 unspecified atom stereocenters. The fourth-order valence-corrected chi connectivity index (χ4v) is 5.32. The smallest absolute Gasteiger partial charge is 0.325 e. The zero-order chi connectivity index (χ0) is 21.7. The Morgan fingerprint density at radius 1 is 1.10 bits per heavy atom. The highest BCUT2D eigenvalue weighted by Gasteiger charge is 2.46. The van der Waals surface area contributed by atoms with Crippen molar-refractivity contribution in [2.24, 2.45) is 0 Å². The Morgan fingerprint density at radius 3 is 2.43 bits per heavy atom. The third-order valence-electron chi connectivity index (χ3n) is 5.47. The van der Waals surface area contributed by atoms with Gasteiger partial charge in [-0.3, -0.25) is 4.79 Å². The van der Waals surface area contributed by atoms with Crippen molar-refractivity contribution in [1.29, 1.82) is 0 Å². The van der Waals surface area contributed by atoms with Crippen LogP contribution in [-0.4, -0.2) is 63.7 Å². The van der Waals surface area contributed by atoms with Crippen molar-refractivity contribution in [2.45, 2.75) is 37.6 Å². The number of hydrogen-bond donors (Lipinski definition) is 0. The lowest BCUT2D eigenvalue weighted by molar-refractivity contribution is -0.148. The van der Waals surface area contributed by atoms with E-state index in [0.29, 0.717) is 18.4 Å². The van der Waals surface area contributed by atoms with Crippen LogP contribution in [0.25, 0.3) is 0 Å². The molecule has 0 aliphatic carbocycles. The molecule has 2 aliphatic rings. The lowest BCUT2D eigenvalue weighted by atomic mass is 10.0. The topological polar surface area (TPSA) is 88.4 Å². The molecule has 30 heavy (non-hydrogen) atoms. The molecule has 1 amide bonds. The second kappa shape index (κ2) is 7.34. The largest absolute Gasteiger partial charge is 0.451 e. The van der Waals surface area contributed by atoms with Crippen LogP contribution in [0.4, 0.5) is 13.2 Å². The van der Waals surface area contributed by atoms with Crippen molar-refractivity contribution in [2.75, 3.05) is 19.3 Å². The van der Waals surface area contributed by atoms with Gasteiger partial charge in [-0.15, -0.1) is 10.2 Å². The third-order valence-corrected chi connectivity index (χ3v) is 6.76. The molecule has 0 bridgehead atoms. The van der Waals surface area contributed by atoms with Crippen LogP contribution < -0.4 is 0 Å². The fourth-order valence-electron chi connectivity index (χ4n) is 4.20. The lowest BCUT2D eigenvalue weighted by Crippen LogP contribution is -2.51. The van der Waals surface area contributed by atoms with E-state index in [0.717, 1.165) is 15.1 Å². The highest BCUT2D eigenvalue weighted by molar-refractivity contribution is 7.88. The molecular formula is C18H20F3N5O3S. The van der Waals surface area contributed by atoms with E-state index in [-0.39, 0.29) is 25.5 Å². The summed E-state index contributed by atoms with van der Waals surface area (Å²) in [4.78, 5) is 14.8. The minimum Gasteiger partial charge on any atom is -0.325 e. The molecule has 12 heteroatoms. The predicted octanol–water partition coefficient (Wildman–Crippen LogP) is 1.65. The molecule has 0 saturated carbocycles. The summed E-state index contributed by atoms with van der Waals surface area (Å²) < 4.78 is 66.4. The van der Waals surface area contributed by atoms with Crippen molar-refractivity contribution in [3.63, 3.8) is 0 Å². The summed E-state index contributed by atoms with van der Waals surface area (Å²) in [5.41, 5.74) is 0.580. The van der Waals surface area contributed by atoms with Crippen LogP contribution in [0.1, 0.15) is 36.1 Å². The van der Waals surface area contributed by atoms with Gasteiger partial charge >= 0.3 is 6.18 Å². The molecule has 0 spiro atoms. The summed E-state index contributed by atoms with van der Waals surface area (Å²) >= 11 is 0. The summed E-state index contributed by atoms with van der Waals surface area (Å²) in [5, 5.41) is 7.11. The van der Waals surface area contributed by atoms with Gasteiger partial charge in [0.25, 0.3) is 0 Å². The van der Waals surface area contributed by atoms with E-state index in [9.17, 15) is 26.4 Å². The first kappa shape index (κ1) is 20.8. The van der Waals surface area contributed by atoms with Gasteiger partial charge in [0, 0.05) is 19.6 Å². The molecule has 0 radical (unpaired) electrons. The first-order valence-electron chi connectivity index (χ1n) is 9.41. The van der Waals surface area contributed by atoms with Crippen molar-refractivity contribution < 1.29 is 26.4 Å². The van der Waals surface area contributed by atoms with E-state index in [4.69, 9.17) is 0 Å². The SMILES string of the molecule is CS(=O)(=O)N1CCCC1C(=O)N1CCn2c(nnc2C(F)(F)F)C1c1ccccc1. The lowest BCUT2D eigenvalue weighted by Gasteiger charge is -2.38. The maximum atomic E-state index is 13.4. The molecule has 1 aromatic carbocycles. The van der Waals surface area contributed by atoms with Crippen LogP contribution >= 0.6 is 0 Å². The number of nitrogens with zero attached hydrogens (tertiary/aromatic N) is 5. The van der Waals surface area contributed by atoms with E-state index in [1.807, 2.05) is 0 Å². The first-order valence-corrected chi connectivity index (χ1v) is 11.3. The van der Waals surface area contributed by atoms with E-state index >= 15 is 0 Å². The zero-order valence-corrected chi connectivity index (χ0v) is 16.9. The fraction of sp³-hybridized carbons (Fsp3) is 0.500. The molecule has 162 valence electrons. The zero-order valence-electron chi connectivity index (χ0n) is 16.1. The molecular weight excluding hydrogens is 423 g/mol. The van der Waals surface area contributed by atoms with Crippen LogP contribution in [0.15, 0.2) is 30.3 Å². The number of amides is 1. The number of hydrogen-bond acceptors (Lipinski definition) is 5. The number of rotatable bonds is 3. The molecule has 3 heterocycles. The van der Waals surface area contributed by atoms with Crippen molar-refractivity contribution in [3.8, 4) is 0 Å². The number of carbonyl (C=O) groups is 1. The highest BCUT2D eigenvalue weighted by Crippen LogP contribution is 2.37. The quantitative estimate of drug-likeness (QED) is 0.720. The van der Waals surface area contributed by atoms with Crippen LogP contribution in [0.3, 0.4) is 0 Å². The number of sulfonamides is 1. The Morgan fingerprint density at radius 2 is 1.80 bits per heavy atom. The normalized spacial score (nSPS) is 22.9. The molecule has 2 aromatic rings. The predicted molar refractivity (Wildman–Crippen MR) is 99.6 cm³/mol. The van der Waals surface area contributed by atoms with Gasteiger partial charge in [0.05, 0.1) is 6.26 Å². The number of benzene rings is 1. The van der Waals surface area contributed by atoms with Crippen molar-refractivity contribution in [3.05, 3.63) is 47.5 Å². The minimum absolute atomic E-state index is 0.0111. The molecule has 4 rings (SSSR count). The number of carbonyl (C=O) groups excluding carboxylic acids is 1. The first-order chi connectivity index (χ1) is 14.1. The average molecular weight is 443 g/mol. The maximum absolute atomic E-state index is 13.4. The number of alkyl halides is 3. The molecule has 1 saturated heterocycles. The van der Waals surface area contributed by atoms with E-state index in [1.165, 1.54) is 4.90 Å². The van der Waals surface area contributed by atoms with Crippen LogP contribution in [-0.2, 0) is 27.5 Å². The number of aromatic nitrogens is 3. The van der Waals surface area contributed by atoms with E-state index in [2.05, 4.69) is 10.2 Å². The molecule has 0 N–H and O–H groups in total. The Bertz CT molecular complexity index is 1050. The van der Waals surface area contributed by atoms with Crippen LogP contribution in [0.2, 0.25) is 0 Å². The Balaban J connectivity index is 1.77. The monoisotopic (exact) mass is 443 g/mol. The molecule has 2 atom stereocenters. The van der Waals surface area contributed by atoms with Gasteiger partial charge in [-0.2, -0.15) is 17.5 Å². The van der Waals surface area contributed by atoms with E-state index in [1.54, 1.807) is 30.3 Å². The van der Waals surface area contributed by atoms with Gasteiger partial charge in [-0.1, -0.05) is 30.3 Å². The Kier molecular flexibility index (Phi) is 5.09. The van der Waals surface area contributed by atoms with Gasteiger partial charge < -0.3 is 9.47 Å². The van der Waals surface area contributed by atoms with Gasteiger partial charge in [0.15, 0.2) is 5.82 Å². The van der Waals surface area contributed by atoms with Gasteiger partial charge in [0.2, 0.25) is 21.8 Å². The summed E-state index contributed by atoms with van der Waals surface area (Å²) in [6.07, 6.45) is -2.71. The molecule has 2 aliphatic heterocycles. The molecule has 8 nitrogen and oxygen atoms in total. The molecule has 1 fully saturated rings. The van der Waals surface area contributed by atoms with E-state index < -0.39 is 40.0 Å². The van der Waals surface area contributed by atoms with Crippen LogP contribution in [0.5, 0.6) is 0 Å². The van der Waals surface area contributed by atoms with Crippen LogP contribution in [0, 0.1) is 0 Å². The second-order valence-electron chi connectivity index (χ2n) is 7.41. The summed E-state index contributed by atoms with van der Waals surface area (Å²) in [7, 11) is -3.59. The maximum Gasteiger partial charge on any atom is 0.451 e. The minimum atomic E-state index is -4.67. The standard InChI is InChI=1S/C18H20F3N5O3S/c1-30(28,29)26-9-5-8-13(26)16(27)24-10-11-25-15(22-23-17(25)18(19,20)21)14(24)12-6-3-2-4-7-12/h2-4,6-7,13-14H,5,8-11H2,1H3. The molecule has 1 aromatic heterocycles. The van der Waals surface area contributed by atoms with Gasteiger partial charge in [-0.05, 0) is 18.4 Å². The number of fused-ring (bicyclic) bond motifs is 1. The average Bonchev–Trinajstić information content (AvgIpc) is 3.33. The van der Waals surface area contributed by atoms with Crippen molar-refractivity contribution >= 4 is 15.9 Å². The summed E-state index contributed by atoms with van der Waals surface area (Å²) in [6.45, 7) is 0.103. The summed E-state index contributed by atoms with van der Waals surface area (Å²) in [5.74, 6) is -1.53.